The van der Waals surface area contributed by atoms with E-state index < -0.39 is 15.8 Å². The van der Waals surface area contributed by atoms with Gasteiger partial charge in [0.2, 0.25) is 10.0 Å². The molecule has 3 rings (SSSR count). The largest absolute Gasteiger partial charge is 0.507 e. The maximum absolute atomic E-state index is 13.4. The molecule has 1 saturated heterocycles. The van der Waals surface area contributed by atoms with E-state index in [4.69, 9.17) is 4.74 Å². The Bertz CT molecular complexity index is 986. The van der Waals surface area contributed by atoms with Crippen molar-refractivity contribution in [1.82, 2.24) is 9.21 Å². The Kier molecular flexibility index (Phi) is 6.56. The highest BCUT2D eigenvalue weighted by molar-refractivity contribution is 7.89. The van der Waals surface area contributed by atoms with E-state index in [-0.39, 0.29) is 10.6 Å². The number of sulfonamides is 1. The first kappa shape index (κ1) is 21.3. The van der Waals surface area contributed by atoms with Gasteiger partial charge in [-0.25, -0.2) is 12.8 Å². The summed E-state index contributed by atoms with van der Waals surface area (Å²) in [7, 11) is -2.15. The van der Waals surface area contributed by atoms with Crippen LogP contribution in [0.15, 0.2) is 53.9 Å². The normalized spacial score (nSPS) is 15.9. The van der Waals surface area contributed by atoms with Gasteiger partial charge in [-0.05, 0) is 36.8 Å². The Morgan fingerprint density at radius 1 is 1.17 bits per heavy atom. The third-order valence-corrected chi connectivity index (χ3v) is 6.89. The Morgan fingerprint density at radius 2 is 1.86 bits per heavy atom. The van der Waals surface area contributed by atoms with E-state index >= 15 is 0 Å². The lowest BCUT2D eigenvalue weighted by molar-refractivity contribution is 0.180. The molecule has 1 aliphatic heterocycles. The monoisotopic (exact) mass is 420 g/mol. The summed E-state index contributed by atoms with van der Waals surface area (Å²) in [6, 6.07) is 8.63. The summed E-state index contributed by atoms with van der Waals surface area (Å²) in [5.74, 6) is 0.288. The van der Waals surface area contributed by atoms with Crippen LogP contribution in [0.1, 0.15) is 11.1 Å². The maximum Gasteiger partial charge on any atom is 0.243 e. The molecule has 1 heterocycles. The SMILES string of the molecule is C=CCc1cc(OC)cc(CN2CCN(S(=O)(=O)c3cccc(F)c3)CC2)c1O. The lowest BCUT2D eigenvalue weighted by Crippen LogP contribution is -2.48. The van der Waals surface area contributed by atoms with Crippen LogP contribution in [0.5, 0.6) is 11.5 Å². The summed E-state index contributed by atoms with van der Waals surface area (Å²) in [6.45, 7) is 5.78. The summed E-state index contributed by atoms with van der Waals surface area (Å²) in [5, 5.41) is 10.6. The number of aromatic hydroxyl groups is 1. The molecule has 0 radical (unpaired) electrons. The van der Waals surface area contributed by atoms with Gasteiger partial charge in [-0.1, -0.05) is 12.1 Å². The number of phenols is 1. The molecule has 2 aromatic carbocycles. The Balaban J connectivity index is 1.70. The predicted molar refractivity (Wildman–Crippen MR) is 109 cm³/mol. The molecule has 0 aliphatic carbocycles. The standard InChI is InChI=1S/C21H25FN2O4S/c1-3-5-16-12-19(28-2)13-17(21(16)25)15-23-8-10-24(11-9-23)29(26,27)20-7-4-6-18(22)14-20/h3-4,6-7,12-14,25H,1,5,8-11,15H2,2H3. The van der Waals surface area contributed by atoms with Crippen LogP contribution < -0.4 is 4.74 Å². The van der Waals surface area contributed by atoms with Crippen LogP contribution >= 0.6 is 0 Å². The predicted octanol–water partition coefficient (Wildman–Crippen LogP) is 2.77. The highest BCUT2D eigenvalue weighted by Crippen LogP contribution is 2.30. The van der Waals surface area contributed by atoms with E-state index in [9.17, 15) is 17.9 Å². The van der Waals surface area contributed by atoms with Crippen molar-refractivity contribution in [2.45, 2.75) is 17.9 Å². The molecular weight excluding hydrogens is 395 g/mol. The summed E-state index contributed by atoms with van der Waals surface area (Å²) in [5.41, 5.74) is 1.46. The number of hydrogen-bond donors (Lipinski definition) is 1. The molecular formula is C21H25FN2O4S. The van der Waals surface area contributed by atoms with Crippen molar-refractivity contribution in [3.63, 3.8) is 0 Å². The Morgan fingerprint density at radius 3 is 2.48 bits per heavy atom. The first-order valence-electron chi connectivity index (χ1n) is 9.33. The number of piperazine rings is 1. The molecule has 0 aromatic heterocycles. The van der Waals surface area contributed by atoms with E-state index in [0.29, 0.717) is 44.9 Å². The molecule has 1 aliphatic rings. The van der Waals surface area contributed by atoms with Gasteiger partial charge in [0.25, 0.3) is 0 Å². The lowest BCUT2D eigenvalue weighted by atomic mass is 10.0. The molecule has 0 bridgehead atoms. The number of benzene rings is 2. The van der Waals surface area contributed by atoms with Crippen molar-refractivity contribution in [1.29, 1.82) is 0 Å². The van der Waals surface area contributed by atoms with Crippen molar-refractivity contribution in [3.8, 4) is 11.5 Å². The van der Waals surface area contributed by atoms with Crippen molar-refractivity contribution in [3.05, 3.63) is 66.0 Å². The summed E-state index contributed by atoms with van der Waals surface area (Å²) in [6.07, 6.45) is 2.24. The summed E-state index contributed by atoms with van der Waals surface area (Å²) >= 11 is 0. The van der Waals surface area contributed by atoms with E-state index in [1.165, 1.54) is 22.5 Å². The second kappa shape index (κ2) is 8.94. The number of nitrogens with zero attached hydrogens (tertiary/aromatic N) is 2. The first-order valence-corrected chi connectivity index (χ1v) is 10.8. The van der Waals surface area contributed by atoms with Crippen LogP contribution in [-0.2, 0) is 23.0 Å². The van der Waals surface area contributed by atoms with Crippen LogP contribution in [-0.4, -0.2) is 56.0 Å². The molecule has 0 atom stereocenters. The van der Waals surface area contributed by atoms with Crippen molar-refractivity contribution < 1.29 is 22.7 Å². The second-order valence-corrected chi connectivity index (χ2v) is 8.86. The third-order valence-electron chi connectivity index (χ3n) is 5.00. The topological polar surface area (TPSA) is 70.1 Å². The van der Waals surface area contributed by atoms with Gasteiger partial charge in [-0.3, -0.25) is 4.90 Å². The zero-order valence-electron chi connectivity index (χ0n) is 16.3. The van der Waals surface area contributed by atoms with E-state index in [0.717, 1.165) is 17.2 Å². The zero-order chi connectivity index (χ0) is 21.0. The van der Waals surface area contributed by atoms with E-state index in [1.807, 2.05) is 0 Å². The molecule has 6 nitrogen and oxygen atoms in total. The van der Waals surface area contributed by atoms with Gasteiger partial charge in [0.05, 0.1) is 12.0 Å². The van der Waals surface area contributed by atoms with Crippen LogP contribution in [0.2, 0.25) is 0 Å². The highest BCUT2D eigenvalue weighted by Gasteiger charge is 2.29. The van der Waals surface area contributed by atoms with Gasteiger partial charge in [0.1, 0.15) is 17.3 Å². The number of halogens is 1. The van der Waals surface area contributed by atoms with Crippen LogP contribution in [0.25, 0.3) is 0 Å². The van der Waals surface area contributed by atoms with Gasteiger partial charge in [0, 0.05) is 43.9 Å². The molecule has 8 heteroatoms. The average molecular weight is 421 g/mol. The van der Waals surface area contributed by atoms with Crippen LogP contribution in [0.4, 0.5) is 4.39 Å². The van der Waals surface area contributed by atoms with Gasteiger partial charge in [0.15, 0.2) is 0 Å². The molecule has 1 N–H and O–H groups in total. The number of ether oxygens (including phenoxy) is 1. The minimum absolute atomic E-state index is 0.0366. The number of hydrogen-bond acceptors (Lipinski definition) is 5. The van der Waals surface area contributed by atoms with Gasteiger partial charge < -0.3 is 9.84 Å². The molecule has 29 heavy (non-hydrogen) atoms. The van der Waals surface area contributed by atoms with Gasteiger partial charge in [-0.2, -0.15) is 4.31 Å². The van der Waals surface area contributed by atoms with E-state index in [2.05, 4.69) is 11.5 Å². The Hall–Kier alpha value is -2.42. The van der Waals surface area contributed by atoms with Crippen LogP contribution in [0.3, 0.4) is 0 Å². The quantitative estimate of drug-likeness (QED) is 0.698. The second-order valence-electron chi connectivity index (χ2n) is 6.92. The zero-order valence-corrected chi connectivity index (χ0v) is 17.2. The molecule has 0 unspecified atom stereocenters. The molecule has 0 saturated carbocycles. The van der Waals surface area contributed by atoms with Crippen LogP contribution in [0, 0.1) is 5.82 Å². The minimum Gasteiger partial charge on any atom is -0.507 e. The fraction of sp³-hybridized carbons (Fsp3) is 0.333. The fourth-order valence-electron chi connectivity index (χ4n) is 3.42. The van der Waals surface area contributed by atoms with Gasteiger partial charge >= 0.3 is 0 Å². The molecule has 156 valence electrons. The highest BCUT2D eigenvalue weighted by atomic mass is 32.2. The number of allylic oxidation sites excluding steroid dienone is 1. The minimum atomic E-state index is -3.73. The third kappa shape index (κ3) is 4.77. The summed E-state index contributed by atoms with van der Waals surface area (Å²) in [4.78, 5) is 2.04. The Labute approximate surface area is 170 Å². The average Bonchev–Trinajstić information content (AvgIpc) is 2.71. The lowest BCUT2D eigenvalue weighted by Gasteiger charge is -2.34. The number of methoxy groups -OCH3 is 1. The first-order chi connectivity index (χ1) is 13.8. The number of rotatable bonds is 7. The van der Waals surface area contributed by atoms with Crippen molar-refractivity contribution >= 4 is 10.0 Å². The maximum atomic E-state index is 13.4. The van der Waals surface area contributed by atoms with E-state index in [1.54, 1.807) is 25.3 Å². The molecule has 1 fully saturated rings. The van der Waals surface area contributed by atoms with Crippen molar-refractivity contribution in [2.75, 3.05) is 33.3 Å². The fourth-order valence-corrected chi connectivity index (χ4v) is 4.88. The number of phenolic OH excluding ortho intramolecular Hbond substituents is 1. The smallest absolute Gasteiger partial charge is 0.243 e. The van der Waals surface area contributed by atoms with Crippen molar-refractivity contribution in [2.24, 2.45) is 0 Å². The molecule has 2 aromatic rings. The molecule has 0 amide bonds. The van der Waals surface area contributed by atoms with Gasteiger partial charge in [-0.15, -0.1) is 6.58 Å². The summed E-state index contributed by atoms with van der Waals surface area (Å²) < 4.78 is 45.6. The molecule has 0 spiro atoms.